The monoisotopic (exact) mass is 481 g/mol. The number of carboxylic acids is 1. The molecule has 1 saturated heterocycles. The number of halogens is 1. The molecule has 3 N–H and O–H groups in total. The Morgan fingerprint density at radius 1 is 1.24 bits per heavy atom. The number of carboxylic acid groups (broad SMARTS) is 1. The first-order valence-electron chi connectivity index (χ1n) is 11.2. The van der Waals surface area contributed by atoms with Gasteiger partial charge in [0.15, 0.2) is 5.65 Å². The van der Waals surface area contributed by atoms with Crippen LogP contribution < -0.4 is 14.8 Å². The number of carbonyl (C=O) groups is 1. The van der Waals surface area contributed by atoms with Crippen molar-refractivity contribution in [1.29, 1.82) is 5.26 Å². The number of hydrogen-bond acceptors (Lipinski definition) is 7. The smallest absolute Gasteiger partial charge is 0.306 e. The summed E-state index contributed by atoms with van der Waals surface area (Å²) in [6.07, 6.45) is 2.40. The number of H-pyrrole nitrogens is 1. The van der Waals surface area contributed by atoms with Crippen LogP contribution in [0, 0.1) is 17.2 Å². The van der Waals surface area contributed by atoms with E-state index in [9.17, 15) is 10.1 Å². The second-order valence-corrected chi connectivity index (χ2v) is 9.55. The molecule has 0 unspecified atom stereocenters. The van der Waals surface area contributed by atoms with E-state index in [4.69, 9.17) is 26.2 Å². The number of nitrogens with one attached hydrogen (secondary N) is 2. The SMILES string of the molecule is CC1(Oc2ccc(-c3nc4nc(O[C@H]5CC[C@H](C(=O)O)CC5)[nH]c4cc3Cl)cc2C#N)CNC1. The fourth-order valence-electron chi connectivity index (χ4n) is 4.41. The molecule has 176 valence electrons. The van der Waals surface area contributed by atoms with Crippen LogP contribution in [0.3, 0.4) is 0 Å². The number of aromatic nitrogens is 3. The van der Waals surface area contributed by atoms with Crippen LogP contribution in [0.4, 0.5) is 0 Å². The van der Waals surface area contributed by atoms with Crippen LogP contribution in [-0.4, -0.2) is 50.8 Å². The molecule has 5 rings (SSSR count). The minimum atomic E-state index is -0.748. The molecule has 2 aromatic heterocycles. The molecule has 1 saturated carbocycles. The molecule has 9 nitrogen and oxygen atoms in total. The summed E-state index contributed by atoms with van der Waals surface area (Å²) in [6, 6.07) is 9.58. The van der Waals surface area contributed by atoms with Crippen LogP contribution in [0.1, 0.15) is 38.2 Å². The van der Waals surface area contributed by atoms with Gasteiger partial charge in [-0.1, -0.05) is 11.6 Å². The lowest BCUT2D eigenvalue weighted by Gasteiger charge is -2.39. The van der Waals surface area contributed by atoms with Crippen LogP contribution in [0.2, 0.25) is 5.02 Å². The lowest BCUT2D eigenvalue weighted by molar-refractivity contribution is -0.143. The molecule has 0 bridgehead atoms. The Balaban J connectivity index is 1.37. The summed E-state index contributed by atoms with van der Waals surface area (Å²) in [6.45, 7) is 3.46. The Labute approximate surface area is 201 Å². The average Bonchev–Trinajstić information content (AvgIpc) is 3.19. The van der Waals surface area contributed by atoms with E-state index in [2.05, 4.69) is 26.3 Å². The van der Waals surface area contributed by atoms with Crippen molar-refractivity contribution >= 4 is 28.7 Å². The number of imidazole rings is 1. The number of pyridine rings is 1. The molecule has 2 aliphatic rings. The van der Waals surface area contributed by atoms with Crippen molar-refractivity contribution in [3.05, 3.63) is 34.9 Å². The highest BCUT2D eigenvalue weighted by molar-refractivity contribution is 6.33. The van der Waals surface area contributed by atoms with E-state index in [1.165, 1.54) is 0 Å². The molecule has 0 spiro atoms. The molecule has 10 heteroatoms. The van der Waals surface area contributed by atoms with Crippen molar-refractivity contribution in [2.45, 2.75) is 44.3 Å². The van der Waals surface area contributed by atoms with E-state index in [-0.39, 0.29) is 17.6 Å². The van der Waals surface area contributed by atoms with Crippen molar-refractivity contribution in [3.8, 4) is 29.1 Å². The molecular formula is C24H24ClN5O4. The highest BCUT2D eigenvalue weighted by Gasteiger charge is 2.34. The number of ether oxygens (including phenoxy) is 2. The van der Waals surface area contributed by atoms with Gasteiger partial charge in [0.2, 0.25) is 0 Å². The zero-order valence-electron chi connectivity index (χ0n) is 18.6. The number of nitriles is 1. The Morgan fingerprint density at radius 3 is 2.65 bits per heavy atom. The van der Waals surface area contributed by atoms with E-state index < -0.39 is 5.97 Å². The Kier molecular flexibility index (Phi) is 5.80. The third-order valence-corrected chi connectivity index (χ3v) is 6.72. The lowest BCUT2D eigenvalue weighted by Crippen LogP contribution is -2.61. The molecular weight excluding hydrogens is 458 g/mol. The number of rotatable bonds is 6. The normalized spacial score (nSPS) is 21.4. The maximum absolute atomic E-state index is 11.1. The lowest BCUT2D eigenvalue weighted by atomic mass is 9.87. The second-order valence-electron chi connectivity index (χ2n) is 9.14. The number of aliphatic carboxylic acids is 1. The summed E-state index contributed by atoms with van der Waals surface area (Å²) < 4.78 is 12.0. The van der Waals surface area contributed by atoms with Gasteiger partial charge in [-0.2, -0.15) is 10.2 Å². The van der Waals surface area contributed by atoms with E-state index in [1.807, 2.05) is 13.0 Å². The zero-order chi connectivity index (χ0) is 23.9. The van der Waals surface area contributed by atoms with Gasteiger partial charge in [0.25, 0.3) is 6.01 Å². The Hall–Kier alpha value is -3.35. The summed E-state index contributed by atoms with van der Waals surface area (Å²) in [5, 5.41) is 22.4. The third kappa shape index (κ3) is 4.39. The molecule has 1 aromatic carbocycles. The summed E-state index contributed by atoms with van der Waals surface area (Å²) in [5.74, 6) is -0.524. The van der Waals surface area contributed by atoms with Crippen LogP contribution in [0.15, 0.2) is 24.3 Å². The van der Waals surface area contributed by atoms with Crippen molar-refractivity contribution in [3.63, 3.8) is 0 Å². The van der Waals surface area contributed by atoms with Crippen LogP contribution >= 0.6 is 11.6 Å². The molecule has 0 atom stereocenters. The van der Waals surface area contributed by atoms with E-state index >= 15 is 0 Å². The molecule has 34 heavy (non-hydrogen) atoms. The second kappa shape index (κ2) is 8.78. The van der Waals surface area contributed by atoms with Crippen molar-refractivity contribution in [1.82, 2.24) is 20.3 Å². The quantitative estimate of drug-likeness (QED) is 0.482. The first-order valence-corrected chi connectivity index (χ1v) is 11.6. The van der Waals surface area contributed by atoms with Gasteiger partial charge in [-0.05, 0) is 56.9 Å². The van der Waals surface area contributed by atoms with Gasteiger partial charge in [-0.25, -0.2) is 4.98 Å². The Morgan fingerprint density at radius 2 is 2.00 bits per heavy atom. The summed E-state index contributed by atoms with van der Waals surface area (Å²) >= 11 is 6.53. The molecule has 3 heterocycles. The Bertz CT molecular complexity index is 1290. The number of hydrogen-bond donors (Lipinski definition) is 3. The average molecular weight is 482 g/mol. The molecule has 2 fully saturated rings. The van der Waals surface area contributed by atoms with E-state index in [1.54, 1.807) is 18.2 Å². The minimum absolute atomic E-state index is 0.0930. The van der Waals surface area contributed by atoms with Gasteiger partial charge < -0.3 is 24.9 Å². The first kappa shape index (κ1) is 22.4. The van der Waals surface area contributed by atoms with E-state index in [0.717, 1.165) is 13.1 Å². The van der Waals surface area contributed by atoms with Gasteiger partial charge in [0.1, 0.15) is 23.5 Å². The largest absolute Gasteiger partial charge is 0.484 e. The van der Waals surface area contributed by atoms with Gasteiger partial charge in [0, 0.05) is 18.7 Å². The maximum atomic E-state index is 11.1. The zero-order valence-corrected chi connectivity index (χ0v) is 19.4. The molecule has 0 radical (unpaired) electrons. The predicted octanol–water partition coefficient (Wildman–Crippen LogP) is 3.91. The fraction of sp³-hybridized carbons (Fsp3) is 0.417. The number of fused-ring (bicyclic) bond motifs is 1. The highest BCUT2D eigenvalue weighted by Crippen LogP contribution is 2.34. The fourth-order valence-corrected chi connectivity index (χ4v) is 4.67. The summed E-state index contributed by atoms with van der Waals surface area (Å²) in [4.78, 5) is 23.3. The maximum Gasteiger partial charge on any atom is 0.306 e. The topological polar surface area (TPSA) is 133 Å². The van der Waals surface area contributed by atoms with Crippen LogP contribution in [0.5, 0.6) is 11.8 Å². The van der Waals surface area contributed by atoms with Gasteiger partial charge in [-0.15, -0.1) is 0 Å². The molecule has 1 aliphatic heterocycles. The van der Waals surface area contributed by atoms with Crippen molar-refractivity contribution in [2.24, 2.45) is 5.92 Å². The molecule has 3 aromatic rings. The molecule has 0 amide bonds. The first-order chi connectivity index (χ1) is 16.3. The summed E-state index contributed by atoms with van der Waals surface area (Å²) in [5.41, 5.74) is 2.36. The number of benzene rings is 1. The highest BCUT2D eigenvalue weighted by atomic mass is 35.5. The van der Waals surface area contributed by atoms with Crippen molar-refractivity contribution in [2.75, 3.05) is 13.1 Å². The third-order valence-electron chi connectivity index (χ3n) is 6.43. The van der Waals surface area contributed by atoms with E-state index in [0.29, 0.717) is 70.5 Å². The van der Waals surface area contributed by atoms with Crippen molar-refractivity contribution < 1.29 is 19.4 Å². The molecule has 1 aliphatic carbocycles. The van der Waals surface area contributed by atoms with Gasteiger partial charge in [-0.3, -0.25) is 4.79 Å². The number of nitrogens with zero attached hydrogens (tertiary/aromatic N) is 3. The predicted molar refractivity (Wildman–Crippen MR) is 125 cm³/mol. The summed E-state index contributed by atoms with van der Waals surface area (Å²) in [7, 11) is 0. The van der Waals surface area contributed by atoms with Crippen LogP contribution in [0.25, 0.3) is 22.4 Å². The van der Waals surface area contributed by atoms with Gasteiger partial charge >= 0.3 is 5.97 Å². The number of aromatic amines is 1. The standard InChI is InChI=1S/C24H24ClN5O4/c1-24(11-27-12-24)34-19-7-4-14(8-15(19)10-26)20-17(25)9-18-21(29-20)30-23(28-18)33-16-5-2-13(3-6-16)22(31)32/h4,7-9,13,16,27H,2-3,5-6,11-12H2,1H3,(H,31,32)(H,28,29,30)/t13-,16-. The van der Waals surface area contributed by atoms with Gasteiger partial charge in [0.05, 0.1) is 27.7 Å². The van der Waals surface area contributed by atoms with Crippen LogP contribution in [-0.2, 0) is 4.79 Å². The minimum Gasteiger partial charge on any atom is -0.484 e.